The van der Waals surface area contributed by atoms with Crippen LogP contribution in [0.4, 0.5) is 0 Å². The zero-order chi connectivity index (χ0) is 14.0. The lowest BCUT2D eigenvalue weighted by Crippen LogP contribution is -2.41. The number of benzene rings is 2. The van der Waals surface area contributed by atoms with Crippen molar-refractivity contribution in [2.45, 2.75) is 20.0 Å². The molecule has 0 saturated heterocycles. The second-order valence-corrected chi connectivity index (χ2v) is 8.97. The van der Waals surface area contributed by atoms with Gasteiger partial charge in [0.05, 0.1) is 0 Å². The first-order valence-corrected chi connectivity index (χ1v) is 9.27. The highest BCUT2D eigenvalue weighted by molar-refractivity contribution is 6.83. The largest absolute Gasteiger partial charge is 0.428 e. The number of hydrogen-bond donors (Lipinski definition) is 1. The van der Waals surface area contributed by atoms with Gasteiger partial charge in [0.2, 0.25) is 8.32 Å². The molecule has 2 nitrogen and oxygen atoms in total. The van der Waals surface area contributed by atoms with Crippen LogP contribution < -0.4 is 5.19 Å². The van der Waals surface area contributed by atoms with E-state index >= 15 is 0 Å². The molecule has 19 heavy (non-hydrogen) atoms. The molecule has 2 aromatic carbocycles. The van der Waals surface area contributed by atoms with Crippen molar-refractivity contribution in [2.24, 2.45) is 0 Å². The molecule has 98 valence electrons. The zero-order valence-corrected chi connectivity index (χ0v) is 12.5. The summed E-state index contributed by atoms with van der Waals surface area (Å²) in [6.45, 7) is 5.37. The quantitative estimate of drug-likeness (QED) is 0.688. The normalized spacial score (nSPS) is 11.4. The Morgan fingerprint density at radius 1 is 1.00 bits per heavy atom. The predicted molar refractivity (Wildman–Crippen MR) is 81.2 cm³/mol. The van der Waals surface area contributed by atoms with Crippen LogP contribution in [-0.4, -0.2) is 18.9 Å². The van der Waals surface area contributed by atoms with Gasteiger partial charge in [-0.05, 0) is 42.4 Å². The van der Waals surface area contributed by atoms with Crippen molar-refractivity contribution in [3.63, 3.8) is 0 Å². The molecule has 0 heterocycles. The molecule has 0 bridgehead atoms. The van der Waals surface area contributed by atoms with Crippen LogP contribution in [-0.2, 0) is 0 Å². The monoisotopic (exact) mass is 270 g/mol. The van der Waals surface area contributed by atoms with E-state index in [9.17, 15) is 9.59 Å². The van der Waals surface area contributed by atoms with E-state index in [1.807, 2.05) is 61.6 Å². The van der Waals surface area contributed by atoms with E-state index in [1.165, 1.54) is 0 Å². The van der Waals surface area contributed by atoms with Gasteiger partial charge in [-0.1, -0.05) is 42.5 Å². The van der Waals surface area contributed by atoms with E-state index in [1.54, 1.807) is 6.92 Å². The minimum absolute atomic E-state index is 0.0647. The molecule has 0 fully saturated rings. The van der Waals surface area contributed by atoms with Gasteiger partial charge in [-0.2, -0.15) is 0 Å². The molecule has 0 aliphatic carbocycles. The molecule has 0 saturated carbocycles. The van der Waals surface area contributed by atoms with Gasteiger partial charge in [-0.25, -0.2) is 0 Å². The molecule has 3 heteroatoms. The molecule has 0 amide bonds. The van der Waals surface area contributed by atoms with E-state index in [-0.39, 0.29) is 5.78 Å². The van der Waals surface area contributed by atoms with Crippen LogP contribution >= 0.6 is 0 Å². The van der Waals surface area contributed by atoms with Crippen LogP contribution in [0.15, 0.2) is 48.5 Å². The number of carbonyl (C=O) groups is 1. The molecule has 2 aromatic rings. The topological polar surface area (TPSA) is 37.3 Å². The Labute approximate surface area is 114 Å². The third kappa shape index (κ3) is 3.19. The summed E-state index contributed by atoms with van der Waals surface area (Å²) in [5.74, 6) is 0.0647. The van der Waals surface area contributed by atoms with Gasteiger partial charge >= 0.3 is 0 Å². The molecule has 0 unspecified atom stereocenters. The molecule has 2 rings (SSSR count). The number of hydrogen-bond acceptors (Lipinski definition) is 2. The van der Waals surface area contributed by atoms with Crippen LogP contribution in [0.5, 0.6) is 0 Å². The lowest BCUT2D eigenvalue weighted by atomic mass is 10.0. The second-order valence-electron chi connectivity index (χ2n) is 5.28. The summed E-state index contributed by atoms with van der Waals surface area (Å²) < 4.78 is 0. The highest BCUT2D eigenvalue weighted by Crippen LogP contribution is 2.20. The number of carbonyl (C=O) groups excluding carboxylic acids is 1. The molecule has 0 aliphatic rings. The fourth-order valence-electron chi connectivity index (χ4n) is 2.00. The summed E-state index contributed by atoms with van der Waals surface area (Å²) in [6, 6.07) is 15.5. The van der Waals surface area contributed by atoms with Gasteiger partial charge in [0.25, 0.3) is 0 Å². The Hall–Kier alpha value is -1.71. The summed E-state index contributed by atoms with van der Waals surface area (Å²) in [5.41, 5.74) is 2.76. The minimum atomic E-state index is -2.30. The summed E-state index contributed by atoms with van der Waals surface area (Å²) in [5, 5.41) is 0.998. The lowest BCUT2D eigenvalue weighted by Gasteiger charge is -2.15. The highest BCUT2D eigenvalue weighted by atomic mass is 28.4. The van der Waals surface area contributed by atoms with E-state index < -0.39 is 8.32 Å². The fraction of sp³-hybridized carbons (Fsp3) is 0.188. The van der Waals surface area contributed by atoms with Crippen molar-refractivity contribution in [2.75, 3.05) is 0 Å². The molecular formula is C16H18O2Si. The minimum Gasteiger partial charge on any atom is -0.428 e. The maximum Gasteiger partial charge on any atom is 0.213 e. The molecule has 0 radical (unpaired) electrons. The first-order chi connectivity index (χ1) is 8.88. The standard InChI is InChI=1S/C16H18O2Si/c1-12(17)13-6-4-7-14(10-13)15-8-5-9-16(11-15)19(2,3)18/h4-11,18H,1-3H3. The zero-order valence-electron chi connectivity index (χ0n) is 11.5. The Kier molecular flexibility index (Phi) is 3.69. The van der Waals surface area contributed by atoms with E-state index in [0.717, 1.165) is 16.3 Å². The average Bonchev–Trinajstić information content (AvgIpc) is 2.38. The number of rotatable bonds is 3. The second kappa shape index (κ2) is 5.11. The van der Waals surface area contributed by atoms with Gasteiger partial charge in [0, 0.05) is 5.56 Å². The SMILES string of the molecule is CC(=O)c1cccc(-c2cccc([Si](C)(C)O)c2)c1. The molecule has 0 aliphatic heterocycles. The summed E-state index contributed by atoms with van der Waals surface area (Å²) in [7, 11) is -2.30. The van der Waals surface area contributed by atoms with Crippen LogP contribution in [0.3, 0.4) is 0 Å². The van der Waals surface area contributed by atoms with Gasteiger partial charge in [0.15, 0.2) is 5.78 Å². The van der Waals surface area contributed by atoms with Crippen LogP contribution in [0.25, 0.3) is 11.1 Å². The van der Waals surface area contributed by atoms with Crippen molar-refractivity contribution >= 4 is 19.3 Å². The summed E-state index contributed by atoms with van der Waals surface area (Å²) >= 11 is 0. The van der Waals surface area contributed by atoms with Crippen molar-refractivity contribution in [1.29, 1.82) is 0 Å². The van der Waals surface area contributed by atoms with Crippen molar-refractivity contribution in [3.05, 3.63) is 54.1 Å². The first-order valence-electron chi connectivity index (χ1n) is 6.32. The predicted octanol–water partition coefficient (Wildman–Crippen LogP) is 2.96. The molecule has 1 N–H and O–H groups in total. The van der Waals surface area contributed by atoms with Gasteiger partial charge in [0.1, 0.15) is 0 Å². The smallest absolute Gasteiger partial charge is 0.213 e. The number of ketones is 1. The first kappa shape index (κ1) is 13.7. The third-order valence-corrected chi connectivity index (χ3v) is 4.90. The lowest BCUT2D eigenvalue weighted by molar-refractivity contribution is 0.101. The van der Waals surface area contributed by atoms with Crippen LogP contribution in [0, 0.1) is 0 Å². The Balaban J connectivity index is 2.48. The van der Waals surface area contributed by atoms with E-state index in [4.69, 9.17) is 0 Å². The van der Waals surface area contributed by atoms with Crippen LogP contribution in [0.1, 0.15) is 17.3 Å². The maximum atomic E-state index is 11.4. The Morgan fingerprint density at radius 3 is 2.16 bits per heavy atom. The summed E-state index contributed by atoms with van der Waals surface area (Å²) in [6.07, 6.45) is 0. The molecule has 0 atom stereocenters. The molecular weight excluding hydrogens is 252 g/mol. The Morgan fingerprint density at radius 2 is 1.58 bits per heavy atom. The van der Waals surface area contributed by atoms with Gasteiger partial charge in [-0.15, -0.1) is 0 Å². The van der Waals surface area contributed by atoms with Gasteiger partial charge in [-0.3, -0.25) is 4.79 Å². The highest BCUT2D eigenvalue weighted by Gasteiger charge is 2.20. The van der Waals surface area contributed by atoms with Crippen molar-refractivity contribution in [1.82, 2.24) is 0 Å². The fourth-order valence-corrected chi connectivity index (χ4v) is 3.01. The number of Topliss-reactive ketones (excluding diaryl/α,β-unsaturated/α-hetero) is 1. The average molecular weight is 270 g/mol. The Bertz CT molecular complexity index is 612. The van der Waals surface area contributed by atoms with Crippen molar-refractivity contribution < 1.29 is 9.59 Å². The van der Waals surface area contributed by atoms with Crippen molar-refractivity contribution in [3.8, 4) is 11.1 Å². The summed E-state index contributed by atoms with van der Waals surface area (Å²) in [4.78, 5) is 21.6. The van der Waals surface area contributed by atoms with Gasteiger partial charge < -0.3 is 4.80 Å². The van der Waals surface area contributed by atoms with E-state index in [2.05, 4.69) is 0 Å². The maximum absolute atomic E-state index is 11.4. The molecule has 0 spiro atoms. The van der Waals surface area contributed by atoms with E-state index in [0.29, 0.717) is 5.56 Å². The van der Waals surface area contributed by atoms with Crippen LogP contribution in [0.2, 0.25) is 13.1 Å². The molecule has 0 aromatic heterocycles. The third-order valence-electron chi connectivity index (χ3n) is 3.17.